The zero-order valence-corrected chi connectivity index (χ0v) is 16.9. The van der Waals surface area contributed by atoms with Gasteiger partial charge in [-0.1, -0.05) is 48.5 Å². The molecule has 0 amide bonds. The van der Waals surface area contributed by atoms with E-state index in [4.69, 9.17) is 4.74 Å². The van der Waals surface area contributed by atoms with Crippen molar-refractivity contribution in [2.24, 2.45) is 7.05 Å². The number of fused-ring (bicyclic) bond motifs is 2. The first-order chi connectivity index (χ1) is 13.7. The minimum absolute atomic E-state index is 0.713. The van der Waals surface area contributed by atoms with E-state index >= 15 is 0 Å². The Hall–Kier alpha value is -2.91. The molecule has 0 aliphatic carbocycles. The highest BCUT2D eigenvalue weighted by Crippen LogP contribution is 2.36. The fourth-order valence-electron chi connectivity index (χ4n) is 3.91. The third-order valence-electron chi connectivity index (χ3n) is 5.21. The Balaban J connectivity index is 1.92. The second-order valence-electron chi connectivity index (χ2n) is 7.47. The van der Waals surface area contributed by atoms with E-state index in [1.165, 1.54) is 27.4 Å². The maximum atomic E-state index is 6.24. The molecule has 0 saturated heterocycles. The van der Waals surface area contributed by atoms with Gasteiger partial charge in [-0.3, -0.25) is 0 Å². The molecule has 142 valence electrons. The molecule has 0 saturated carbocycles. The van der Waals surface area contributed by atoms with Gasteiger partial charge in [-0.25, -0.2) is 0 Å². The van der Waals surface area contributed by atoms with Crippen LogP contribution in [0.5, 0.6) is 5.75 Å². The average Bonchev–Trinajstić information content (AvgIpc) is 2.72. The summed E-state index contributed by atoms with van der Waals surface area (Å²) >= 11 is 0. The monoisotopic (exact) mass is 371 g/mol. The molecule has 1 heterocycles. The van der Waals surface area contributed by atoms with Crippen molar-refractivity contribution in [3.05, 3.63) is 72.8 Å². The number of rotatable bonds is 6. The van der Waals surface area contributed by atoms with Crippen LogP contribution in [0.2, 0.25) is 0 Å². The summed E-state index contributed by atoms with van der Waals surface area (Å²) in [7, 11) is 6.32. The van der Waals surface area contributed by atoms with E-state index in [0.717, 1.165) is 24.2 Å². The van der Waals surface area contributed by atoms with Gasteiger partial charge < -0.3 is 9.64 Å². The predicted molar refractivity (Wildman–Crippen MR) is 117 cm³/mol. The number of aryl methyl sites for hydroxylation is 1. The van der Waals surface area contributed by atoms with Crippen LogP contribution in [0.25, 0.3) is 32.9 Å². The molecule has 1 aromatic heterocycles. The largest absolute Gasteiger partial charge is 0.487 e. The standard InChI is InChI=1S/C25H27N2O/c1-26(2)17-10-18-28-23-16-9-14-21-24(19-11-5-4-6-12-19)20-13-7-8-15-22(20)27(3)25(21)23/h4-9,11-16H,10,17-18H2,1-3H3/q+1. The fourth-order valence-corrected chi connectivity index (χ4v) is 3.91. The molecular weight excluding hydrogens is 344 g/mol. The lowest BCUT2D eigenvalue weighted by atomic mass is 9.95. The van der Waals surface area contributed by atoms with Gasteiger partial charge in [-0.05, 0) is 44.3 Å². The molecule has 4 aromatic rings. The van der Waals surface area contributed by atoms with E-state index in [9.17, 15) is 0 Å². The number of hydrogen-bond donors (Lipinski definition) is 0. The lowest BCUT2D eigenvalue weighted by Crippen LogP contribution is -2.31. The summed E-state index contributed by atoms with van der Waals surface area (Å²) in [6, 6.07) is 25.6. The maximum Gasteiger partial charge on any atom is 0.255 e. The van der Waals surface area contributed by atoms with Crippen molar-refractivity contribution in [3.8, 4) is 16.9 Å². The van der Waals surface area contributed by atoms with E-state index in [1.54, 1.807) is 0 Å². The summed E-state index contributed by atoms with van der Waals surface area (Å²) in [5.41, 5.74) is 4.85. The van der Waals surface area contributed by atoms with Crippen molar-refractivity contribution in [2.45, 2.75) is 6.42 Å². The highest BCUT2D eigenvalue weighted by molar-refractivity contribution is 6.08. The second-order valence-corrected chi connectivity index (χ2v) is 7.47. The molecule has 0 spiro atoms. The number of aromatic nitrogens is 1. The van der Waals surface area contributed by atoms with Gasteiger partial charge in [-0.2, -0.15) is 4.57 Å². The molecule has 0 bridgehead atoms. The SMILES string of the molecule is CN(C)CCCOc1cccc2c(-c3ccccc3)c3ccccc3[n+](C)c12. The minimum atomic E-state index is 0.713. The lowest BCUT2D eigenvalue weighted by molar-refractivity contribution is -0.617. The van der Waals surface area contributed by atoms with Crippen molar-refractivity contribution >= 4 is 21.8 Å². The summed E-state index contributed by atoms with van der Waals surface area (Å²) < 4.78 is 8.51. The molecule has 0 atom stereocenters. The van der Waals surface area contributed by atoms with Gasteiger partial charge in [0.1, 0.15) is 7.05 Å². The highest BCUT2D eigenvalue weighted by Gasteiger charge is 2.22. The molecule has 0 aliphatic rings. The zero-order valence-electron chi connectivity index (χ0n) is 16.9. The van der Waals surface area contributed by atoms with Crippen molar-refractivity contribution in [1.29, 1.82) is 0 Å². The van der Waals surface area contributed by atoms with Gasteiger partial charge in [0.05, 0.1) is 17.4 Å². The van der Waals surface area contributed by atoms with Crippen molar-refractivity contribution in [3.63, 3.8) is 0 Å². The van der Waals surface area contributed by atoms with Crippen LogP contribution in [0.4, 0.5) is 0 Å². The summed E-state index contributed by atoms with van der Waals surface area (Å²) in [5.74, 6) is 0.946. The molecule has 0 aliphatic heterocycles. The summed E-state index contributed by atoms with van der Waals surface area (Å²) in [4.78, 5) is 2.19. The van der Waals surface area contributed by atoms with Crippen molar-refractivity contribution < 1.29 is 9.30 Å². The fraction of sp³-hybridized carbons (Fsp3) is 0.240. The van der Waals surface area contributed by atoms with Crippen LogP contribution in [0, 0.1) is 0 Å². The van der Waals surface area contributed by atoms with E-state index in [1.807, 2.05) is 0 Å². The first kappa shape index (κ1) is 18.5. The predicted octanol–water partition coefficient (Wildman–Crippen LogP) is 4.82. The van der Waals surface area contributed by atoms with Gasteiger partial charge in [0.15, 0.2) is 5.75 Å². The Kier molecular flexibility index (Phi) is 5.27. The molecule has 3 nitrogen and oxygen atoms in total. The van der Waals surface area contributed by atoms with Crippen LogP contribution >= 0.6 is 0 Å². The quantitative estimate of drug-likeness (QED) is 0.275. The number of nitrogens with zero attached hydrogens (tertiary/aromatic N) is 2. The minimum Gasteiger partial charge on any atom is -0.487 e. The number of hydrogen-bond acceptors (Lipinski definition) is 2. The third-order valence-corrected chi connectivity index (χ3v) is 5.21. The molecule has 3 aromatic carbocycles. The molecule has 4 rings (SSSR count). The Labute approximate surface area is 166 Å². The zero-order chi connectivity index (χ0) is 19.5. The molecule has 0 radical (unpaired) electrons. The Morgan fingerprint density at radius 2 is 1.54 bits per heavy atom. The van der Waals surface area contributed by atoms with Gasteiger partial charge >= 0.3 is 0 Å². The molecule has 0 fully saturated rings. The summed E-state index contributed by atoms with van der Waals surface area (Å²) in [6.45, 7) is 1.74. The number of para-hydroxylation sites is 2. The van der Waals surface area contributed by atoms with Crippen LogP contribution in [-0.2, 0) is 7.05 Å². The third kappa shape index (κ3) is 3.46. The number of benzene rings is 3. The molecule has 0 N–H and O–H groups in total. The van der Waals surface area contributed by atoms with Crippen LogP contribution in [-0.4, -0.2) is 32.1 Å². The van der Waals surface area contributed by atoms with Crippen molar-refractivity contribution in [2.75, 3.05) is 27.2 Å². The Bertz CT molecular complexity index is 1100. The average molecular weight is 372 g/mol. The molecular formula is C25H27N2O+. The van der Waals surface area contributed by atoms with E-state index in [0.29, 0.717) is 6.61 Å². The first-order valence-corrected chi connectivity index (χ1v) is 9.83. The highest BCUT2D eigenvalue weighted by atomic mass is 16.5. The Morgan fingerprint density at radius 1 is 0.821 bits per heavy atom. The van der Waals surface area contributed by atoms with Gasteiger partial charge in [0.25, 0.3) is 5.52 Å². The molecule has 28 heavy (non-hydrogen) atoms. The van der Waals surface area contributed by atoms with Crippen LogP contribution in [0.3, 0.4) is 0 Å². The maximum absolute atomic E-state index is 6.24. The topological polar surface area (TPSA) is 16.4 Å². The van der Waals surface area contributed by atoms with E-state index < -0.39 is 0 Å². The van der Waals surface area contributed by atoms with Crippen LogP contribution < -0.4 is 9.30 Å². The van der Waals surface area contributed by atoms with Gasteiger partial charge in [-0.15, -0.1) is 0 Å². The Morgan fingerprint density at radius 3 is 2.32 bits per heavy atom. The van der Waals surface area contributed by atoms with Crippen LogP contribution in [0.15, 0.2) is 72.8 Å². The second kappa shape index (κ2) is 7.99. The van der Waals surface area contributed by atoms with E-state index in [2.05, 4.69) is 103 Å². The van der Waals surface area contributed by atoms with Gasteiger partial charge in [0, 0.05) is 18.2 Å². The molecule has 3 heteroatoms. The lowest BCUT2D eigenvalue weighted by Gasteiger charge is -2.14. The van der Waals surface area contributed by atoms with Crippen molar-refractivity contribution in [1.82, 2.24) is 4.90 Å². The van der Waals surface area contributed by atoms with Gasteiger partial charge in [0.2, 0.25) is 5.52 Å². The molecule has 0 unspecified atom stereocenters. The number of ether oxygens (including phenoxy) is 1. The summed E-state index contributed by atoms with van der Waals surface area (Å²) in [5, 5.41) is 2.48. The van der Waals surface area contributed by atoms with Crippen LogP contribution in [0.1, 0.15) is 6.42 Å². The van der Waals surface area contributed by atoms with E-state index in [-0.39, 0.29) is 0 Å². The normalized spacial score (nSPS) is 11.4. The first-order valence-electron chi connectivity index (χ1n) is 9.83. The smallest absolute Gasteiger partial charge is 0.255 e. The number of pyridine rings is 1. The summed E-state index contributed by atoms with van der Waals surface area (Å²) in [6.07, 6.45) is 1.01.